The highest BCUT2D eigenvalue weighted by molar-refractivity contribution is 7.12. The molecular weight excluding hydrogens is 289 g/mol. The lowest BCUT2D eigenvalue weighted by atomic mass is 10.1. The molecular formula is C16H14FNO2S. The maximum Gasteiger partial charge on any atom is 0.266 e. The van der Waals surface area contributed by atoms with Gasteiger partial charge in [0.15, 0.2) is 0 Å². The summed E-state index contributed by atoms with van der Waals surface area (Å²) in [7, 11) is 0. The summed E-state index contributed by atoms with van der Waals surface area (Å²) in [5, 5.41) is 13.3. The second-order valence-electron chi connectivity index (χ2n) is 4.23. The molecule has 0 aliphatic carbocycles. The Balaban J connectivity index is 2.29. The molecule has 3 nitrogen and oxygen atoms in total. The molecule has 1 heterocycles. The van der Waals surface area contributed by atoms with Gasteiger partial charge in [0.2, 0.25) is 0 Å². The molecule has 0 bridgehead atoms. The van der Waals surface area contributed by atoms with E-state index >= 15 is 0 Å². The van der Waals surface area contributed by atoms with Crippen molar-refractivity contribution in [3.05, 3.63) is 51.5 Å². The Hall–Kier alpha value is -2.16. The van der Waals surface area contributed by atoms with Crippen LogP contribution in [0, 0.1) is 17.7 Å². The van der Waals surface area contributed by atoms with Crippen LogP contribution in [0.3, 0.4) is 0 Å². The smallest absolute Gasteiger partial charge is 0.266 e. The molecule has 21 heavy (non-hydrogen) atoms. The number of aliphatic hydroxyl groups excluding tert-OH is 1. The lowest BCUT2D eigenvalue weighted by molar-refractivity contribution is 0.102. The first-order chi connectivity index (χ1) is 10.2. The molecule has 1 aromatic heterocycles. The van der Waals surface area contributed by atoms with Gasteiger partial charge in [0, 0.05) is 0 Å². The second-order valence-corrected chi connectivity index (χ2v) is 5.15. The van der Waals surface area contributed by atoms with Crippen LogP contribution in [0.15, 0.2) is 29.6 Å². The molecule has 0 saturated carbocycles. The summed E-state index contributed by atoms with van der Waals surface area (Å²) in [6.45, 7) is 1.66. The van der Waals surface area contributed by atoms with Gasteiger partial charge in [-0.05, 0) is 41.6 Å². The number of hydrogen-bond acceptors (Lipinski definition) is 3. The van der Waals surface area contributed by atoms with Crippen molar-refractivity contribution in [3.8, 4) is 11.8 Å². The molecule has 0 fully saturated rings. The SMILES string of the molecule is CCc1ccsc1C(=O)Nc1ccc(F)cc1C#CCO. The van der Waals surface area contributed by atoms with E-state index in [2.05, 4.69) is 17.2 Å². The molecule has 0 saturated heterocycles. The molecule has 2 N–H and O–H groups in total. The molecule has 0 spiro atoms. The fourth-order valence-corrected chi connectivity index (χ4v) is 2.75. The highest BCUT2D eigenvalue weighted by Gasteiger charge is 2.13. The van der Waals surface area contributed by atoms with Crippen molar-refractivity contribution >= 4 is 22.9 Å². The topological polar surface area (TPSA) is 49.3 Å². The molecule has 5 heteroatoms. The van der Waals surface area contributed by atoms with Crippen LogP contribution >= 0.6 is 11.3 Å². The highest BCUT2D eigenvalue weighted by Crippen LogP contribution is 2.21. The molecule has 0 atom stereocenters. The van der Waals surface area contributed by atoms with Crippen LogP contribution in [0.25, 0.3) is 0 Å². The number of nitrogens with one attached hydrogen (secondary N) is 1. The molecule has 1 aromatic carbocycles. The number of benzene rings is 1. The minimum atomic E-state index is -0.444. The minimum Gasteiger partial charge on any atom is -0.384 e. The number of carbonyl (C=O) groups excluding carboxylic acids is 1. The van der Waals surface area contributed by atoms with Gasteiger partial charge in [-0.25, -0.2) is 4.39 Å². The first-order valence-electron chi connectivity index (χ1n) is 6.42. The maximum atomic E-state index is 13.3. The minimum absolute atomic E-state index is 0.236. The second kappa shape index (κ2) is 7.02. The zero-order chi connectivity index (χ0) is 15.2. The number of amides is 1. The molecule has 2 rings (SSSR count). The zero-order valence-corrected chi connectivity index (χ0v) is 12.3. The van der Waals surface area contributed by atoms with Crippen LogP contribution in [0.4, 0.5) is 10.1 Å². The van der Waals surface area contributed by atoms with Gasteiger partial charge in [0.25, 0.3) is 5.91 Å². The monoisotopic (exact) mass is 303 g/mol. The van der Waals surface area contributed by atoms with E-state index in [1.54, 1.807) is 0 Å². The number of rotatable bonds is 3. The Morgan fingerprint density at radius 3 is 2.95 bits per heavy atom. The Bertz CT molecular complexity index is 713. The summed E-state index contributed by atoms with van der Waals surface area (Å²) >= 11 is 1.37. The largest absolute Gasteiger partial charge is 0.384 e. The molecule has 108 valence electrons. The molecule has 0 radical (unpaired) electrons. The summed E-state index contributed by atoms with van der Waals surface area (Å²) in [5.74, 6) is 4.41. The van der Waals surface area contributed by atoms with E-state index in [9.17, 15) is 9.18 Å². The van der Waals surface area contributed by atoms with E-state index in [1.165, 1.54) is 29.5 Å². The van der Waals surface area contributed by atoms with E-state index < -0.39 is 5.82 Å². The fraction of sp³-hybridized carbons (Fsp3) is 0.188. The van der Waals surface area contributed by atoms with Crippen LogP contribution in [-0.2, 0) is 6.42 Å². The average Bonchev–Trinajstić information content (AvgIpc) is 2.96. The van der Waals surface area contributed by atoms with Crippen LogP contribution in [0.2, 0.25) is 0 Å². The lowest BCUT2D eigenvalue weighted by Crippen LogP contribution is -2.13. The quantitative estimate of drug-likeness (QED) is 0.856. The van der Waals surface area contributed by atoms with E-state index in [0.717, 1.165) is 12.0 Å². The van der Waals surface area contributed by atoms with Gasteiger partial charge in [-0.15, -0.1) is 11.3 Å². The first-order valence-corrected chi connectivity index (χ1v) is 7.30. The predicted molar refractivity (Wildman–Crippen MR) is 82.0 cm³/mol. The van der Waals surface area contributed by atoms with Crippen molar-refractivity contribution in [1.82, 2.24) is 0 Å². The molecule has 0 unspecified atom stereocenters. The van der Waals surface area contributed by atoms with Gasteiger partial charge >= 0.3 is 0 Å². The summed E-state index contributed by atoms with van der Waals surface area (Å²) in [4.78, 5) is 12.9. The molecule has 0 aliphatic heterocycles. The van der Waals surface area contributed by atoms with Gasteiger partial charge < -0.3 is 10.4 Å². The summed E-state index contributed by atoms with van der Waals surface area (Å²) in [6, 6.07) is 5.87. The number of halogens is 1. The fourth-order valence-electron chi connectivity index (χ4n) is 1.86. The van der Waals surface area contributed by atoms with E-state index in [4.69, 9.17) is 5.11 Å². The Morgan fingerprint density at radius 1 is 1.43 bits per heavy atom. The average molecular weight is 303 g/mol. The Labute approximate surface area is 126 Å². The molecule has 0 aliphatic rings. The van der Waals surface area contributed by atoms with Crippen LogP contribution in [0.5, 0.6) is 0 Å². The Kier molecular flexibility index (Phi) is 5.09. The number of carbonyl (C=O) groups is 1. The number of hydrogen-bond donors (Lipinski definition) is 2. The van der Waals surface area contributed by atoms with Gasteiger partial charge in [0.1, 0.15) is 12.4 Å². The predicted octanol–water partition coefficient (Wildman–Crippen LogP) is 3.05. The third kappa shape index (κ3) is 3.69. The third-order valence-corrected chi connectivity index (χ3v) is 3.82. The Morgan fingerprint density at radius 2 is 2.24 bits per heavy atom. The van der Waals surface area contributed by atoms with E-state index in [-0.39, 0.29) is 12.5 Å². The molecule has 1 amide bonds. The van der Waals surface area contributed by atoms with Crippen LogP contribution < -0.4 is 5.32 Å². The van der Waals surface area contributed by atoms with Crippen molar-refractivity contribution in [2.45, 2.75) is 13.3 Å². The maximum absolute atomic E-state index is 13.3. The highest BCUT2D eigenvalue weighted by atomic mass is 32.1. The molecule has 2 aromatic rings. The number of anilines is 1. The van der Waals surface area contributed by atoms with Gasteiger partial charge in [-0.1, -0.05) is 18.8 Å². The van der Waals surface area contributed by atoms with E-state index in [0.29, 0.717) is 16.1 Å². The van der Waals surface area contributed by atoms with Gasteiger partial charge in [0.05, 0.1) is 16.1 Å². The number of thiophene rings is 1. The van der Waals surface area contributed by atoms with Crippen LogP contribution in [0.1, 0.15) is 27.7 Å². The van der Waals surface area contributed by atoms with Gasteiger partial charge in [-0.3, -0.25) is 4.79 Å². The standard InChI is InChI=1S/C16H14FNO2S/c1-2-11-7-9-21-15(11)16(20)18-14-6-5-13(17)10-12(14)4-3-8-19/h5-7,9-10,19H,2,8H2,1H3,(H,18,20). The third-order valence-electron chi connectivity index (χ3n) is 2.87. The zero-order valence-electron chi connectivity index (χ0n) is 11.4. The summed E-state index contributed by atoms with van der Waals surface area (Å²) in [6.07, 6.45) is 0.771. The van der Waals surface area contributed by atoms with Gasteiger partial charge in [-0.2, -0.15) is 0 Å². The van der Waals surface area contributed by atoms with Crippen molar-refractivity contribution < 1.29 is 14.3 Å². The van der Waals surface area contributed by atoms with E-state index in [1.807, 2.05) is 18.4 Å². The first kappa shape index (κ1) is 15.2. The van der Waals surface area contributed by atoms with Crippen molar-refractivity contribution in [1.29, 1.82) is 0 Å². The summed E-state index contributed by atoms with van der Waals surface area (Å²) in [5.41, 5.74) is 1.74. The van der Waals surface area contributed by atoms with Crippen molar-refractivity contribution in [3.63, 3.8) is 0 Å². The lowest BCUT2D eigenvalue weighted by Gasteiger charge is -2.08. The number of aliphatic hydroxyl groups is 1. The van der Waals surface area contributed by atoms with Crippen molar-refractivity contribution in [2.24, 2.45) is 0 Å². The van der Waals surface area contributed by atoms with Crippen molar-refractivity contribution in [2.75, 3.05) is 11.9 Å². The number of aryl methyl sites for hydroxylation is 1. The normalized spacial score (nSPS) is 9.86. The summed E-state index contributed by atoms with van der Waals surface area (Å²) < 4.78 is 13.3. The van der Waals surface area contributed by atoms with Crippen LogP contribution in [-0.4, -0.2) is 17.6 Å².